The third-order valence-electron chi connectivity index (χ3n) is 13.6. The molecule has 0 aromatic heterocycles. The first-order chi connectivity index (χ1) is 38.3. The van der Waals surface area contributed by atoms with E-state index in [9.17, 15) is 12.3 Å². The Morgan fingerprint density at radius 2 is 1.35 bits per heavy atom. The van der Waals surface area contributed by atoms with Crippen molar-refractivity contribution in [3.63, 3.8) is 0 Å². The Balaban J connectivity index is 1.16. The van der Waals surface area contributed by atoms with Crippen LogP contribution in [0.4, 0.5) is 11.4 Å². The number of fused-ring (bicyclic) bond motifs is 4. The second-order valence-corrected chi connectivity index (χ2v) is 17.7. The fraction of sp³-hybridized carbons (Fsp3) is 0.164. The molecule has 7 aromatic rings. The van der Waals surface area contributed by atoms with Crippen LogP contribution in [0.5, 0.6) is 0 Å². The van der Waals surface area contributed by atoms with Gasteiger partial charge in [-0.2, -0.15) is 0 Å². The minimum absolute atomic E-state index is 0.0699. The molecule has 0 amide bonds. The van der Waals surface area contributed by atoms with Gasteiger partial charge in [0.25, 0.3) is 0 Å². The van der Waals surface area contributed by atoms with E-state index in [2.05, 4.69) is 31.4 Å². The van der Waals surface area contributed by atoms with E-state index >= 15 is 0 Å². The number of rotatable bonds is 17. The van der Waals surface area contributed by atoms with Crippen molar-refractivity contribution in [2.45, 2.75) is 69.2 Å². The lowest BCUT2D eigenvalue weighted by Gasteiger charge is -2.36. The van der Waals surface area contributed by atoms with E-state index < -0.39 is 48.4 Å². The molecule has 3 aliphatic carbocycles. The van der Waals surface area contributed by atoms with E-state index in [1.165, 1.54) is 11.1 Å². The van der Waals surface area contributed by atoms with Gasteiger partial charge in [0.05, 0.1) is 23.8 Å². The largest absolute Gasteiger partial charge is 0.334 e. The molecule has 0 radical (unpaired) electrons. The van der Waals surface area contributed by atoms with E-state index in [0.717, 1.165) is 77.7 Å². The number of nitrogens with zero attached hydrogens (tertiary/aromatic N) is 1. The van der Waals surface area contributed by atoms with Gasteiger partial charge in [-0.25, -0.2) is 0 Å². The minimum Gasteiger partial charge on any atom is -0.334 e. The number of hydrogen-bond donors (Lipinski definition) is 0. The molecule has 0 saturated heterocycles. The van der Waals surface area contributed by atoms with Crippen LogP contribution in [0.3, 0.4) is 0 Å². The summed E-state index contributed by atoms with van der Waals surface area (Å²) in [6.45, 7) is 9.77. The molecule has 3 unspecified atom stereocenters. The number of anilines is 2. The Morgan fingerprint density at radius 3 is 2.07 bits per heavy atom. The standard InChI is InChI=1S/C67H61N/c1-5-7-19-51-32-34-57(46-55(51)20-8-6-2)53-37-41-61(42-38-53)68(60-39-35-50(36-40-60)48(3)29-30-49(4)54-33-31-52-21-15-16-22-56(52)45-54)62-43-44-64-63-27-17-18-28-65(63)67(66(64)47-62,58-23-11-9-12-24-58)59-25-13-10-14-26-59/h5-6,9-18,21-28,32,34-41,43-47,61H,1-4,7-8,19-20,29-31,33,42H2/i3D,4D,29D,30D,35D,36D,39D,40D,43D,44D,47D. The van der Waals surface area contributed by atoms with Crippen molar-refractivity contribution < 1.29 is 15.1 Å². The highest BCUT2D eigenvalue weighted by atomic mass is 15.2. The maximum absolute atomic E-state index is 10.7. The van der Waals surface area contributed by atoms with Crippen LogP contribution in [0, 0.1) is 0 Å². The summed E-state index contributed by atoms with van der Waals surface area (Å²) in [5.74, 6) is 0. The molecule has 1 nitrogen and oxygen atoms in total. The van der Waals surface area contributed by atoms with E-state index in [0.29, 0.717) is 35.1 Å². The molecule has 68 heavy (non-hydrogen) atoms. The Labute approximate surface area is 420 Å². The molecule has 0 aliphatic heterocycles. The molecule has 0 heterocycles. The average Bonchev–Trinajstić information content (AvgIpc) is 2.99. The van der Waals surface area contributed by atoms with Crippen LogP contribution in [0.2, 0.25) is 0 Å². The molecule has 3 atom stereocenters. The molecule has 7 aromatic carbocycles. The second-order valence-electron chi connectivity index (χ2n) is 17.7. The summed E-state index contributed by atoms with van der Waals surface area (Å²) in [6, 6.07) is 38.1. The van der Waals surface area contributed by atoms with Crippen LogP contribution in [0.25, 0.3) is 28.3 Å². The van der Waals surface area contributed by atoms with Crippen molar-refractivity contribution >= 4 is 28.6 Å². The molecule has 0 bridgehead atoms. The third kappa shape index (κ3) is 8.55. The fourth-order valence-electron chi connectivity index (χ4n) is 10.2. The molecule has 0 fully saturated rings. The van der Waals surface area contributed by atoms with Crippen molar-refractivity contribution in [1.29, 1.82) is 0 Å². The second kappa shape index (κ2) is 19.8. The maximum Gasteiger partial charge on any atom is 0.0714 e. The first-order valence-corrected chi connectivity index (χ1v) is 23.6. The topological polar surface area (TPSA) is 3.24 Å². The maximum atomic E-state index is 10.7. The Hall–Kier alpha value is -7.48. The van der Waals surface area contributed by atoms with Gasteiger partial charge in [0.1, 0.15) is 0 Å². The van der Waals surface area contributed by atoms with Gasteiger partial charge >= 0.3 is 0 Å². The number of hydrogen-bond acceptors (Lipinski definition) is 1. The van der Waals surface area contributed by atoms with E-state index in [4.69, 9.17) is 2.74 Å². The van der Waals surface area contributed by atoms with Gasteiger partial charge in [0.2, 0.25) is 0 Å². The zero-order chi connectivity index (χ0) is 55.7. The third-order valence-corrected chi connectivity index (χ3v) is 13.6. The Bertz CT molecular complexity index is 3620. The lowest BCUT2D eigenvalue weighted by Crippen LogP contribution is -2.31. The van der Waals surface area contributed by atoms with Crippen molar-refractivity contribution in [3.8, 4) is 11.1 Å². The normalized spacial score (nSPS) is 19.1. The van der Waals surface area contributed by atoms with Crippen LogP contribution in [-0.2, 0) is 24.7 Å². The van der Waals surface area contributed by atoms with E-state index in [-0.39, 0.29) is 52.6 Å². The van der Waals surface area contributed by atoms with Crippen LogP contribution >= 0.6 is 0 Å². The average molecular weight is 891 g/mol. The lowest BCUT2D eigenvalue weighted by molar-refractivity contribution is 0.761. The van der Waals surface area contributed by atoms with Crippen LogP contribution in [0.1, 0.15) is 109 Å². The molecule has 0 N–H and O–H groups in total. The summed E-state index contributed by atoms with van der Waals surface area (Å²) in [7, 11) is 0. The SMILES string of the molecule is [2H]C=C(C1=Cc2ccccc2CC1)C([2H])C([2H])C(=C[2H])c1c([2H])c([2H])c(N(c2c([2H])c([2H])c3c(c2[2H])C(c2ccccc2)(c2ccccc2)c2ccccc2-3)C2C=CC(c3ccc(CCC=C)c(CCC=C)c3)=CC2)c([2H])c1[2H]. The number of benzene rings is 7. The lowest BCUT2D eigenvalue weighted by atomic mass is 9.67. The van der Waals surface area contributed by atoms with Crippen LogP contribution in [-0.4, -0.2) is 6.04 Å². The first kappa shape index (κ1) is 33.1. The summed E-state index contributed by atoms with van der Waals surface area (Å²) in [4.78, 5) is 1.54. The predicted octanol–water partition coefficient (Wildman–Crippen LogP) is 17.2. The summed E-state index contributed by atoms with van der Waals surface area (Å²) in [6.07, 6.45) is 13.4. The summed E-state index contributed by atoms with van der Waals surface area (Å²) in [5.41, 5.74) is 9.45. The van der Waals surface area contributed by atoms with E-state index in [1.54, 1.807) is 4.90 Å². The smallest absolute Gasteiger partial charge is 0.0714 e. The molecule has 0 spiro atoms. The molecule has 334 valence electrons. The monoisotopic (exact) mass is 891 g/mol. The zero-order valence-electron chi connectivity index (χ0n) is 49.3. The van der Waals surface area contributed by atoms with Crippen molar-refractivity contribution in [3.05, 3.63) is 293 Å². The zero-order valence-corrected chi connectivity index (χ0v) is 38.3. The number of aryl methyl sites for hydroxylation is 3. The van der Waals surface area contributed by atoms with Gasteiger partial charge in [0, 0.05) is 14.1 Å². The first-order valence-electron chi connectivity index (χ1n) is 29.4. The molecule has 1 heteroatoms. The molecular weight excluding hydrogens is 819 g/mol. The fourth-order valence-corrected chi connectivity index (χ4v) is 10.2. The molecular formula is C67H61N. The molecule has 3 aliphatic rings. The highest BCUT2D eigenvalue weighted by Crippen LogP contribution is 2.57. The van der Waals surface area contributed by atoms with Gasteiger partial charge in [-0.15, -0.1) is 13.2 Å². The summed E-state index contributed by atoms with van der Waals surface area (Å²) >= 11 is 0. The quantitative estimate of drug-likeness (QED) is 0.0824. The van der Waals surface area contributed by atoms with Gasteiger partial charge in [-0.1, -0.05) is 201 Å². The van der Waals surface area contributed by atoms with E-state index in [1.807, 2.05) is 146 Å². The molecule has 10 rings (SSSR count). The number of allylic oxidation sites excluding steroid dienone is 7. The van der Waals surface area contributed by atoms with Gasteiger partial charge in [-0.3, -0.25) is 0 Å². The predicted molar refractivity (Wildman–Crippen MR) is 291 cm³/mol. The Morgan fingerprint density at radius 1 is 0.676 bits per heavy atom. The van der Waals surface area contributed by atoms with Crippen LogP contribution in [0.15, 0.2) is 237 Å². The van der Waals surface area contributed by atoms with Gasteiger partial charge < -0.3 is 4.90 Å². The van der Waals surface area contributed by atoms with Crippen molar-refractivity contribution in [1.82, 2.24) is 0 Å². The minimum atomic E-state index is -1.59. The molecule has 0 saturated carbocycles. The Kier molecular flexibility index (Phi) is 9.62. The summed E-state index contributed by atoms with van der Waals surface area (Å²) < 4.78 is 106. The van der Waals surface area contributed by atoms with Crippen molar-refractivity contribution in [2.75, 3.05) is 4.90 Å². The highest BCUT2D eigenvalue weighted by Gasteiger charge is 2.46. The van der Waals surface area contributed by atoms with Crippen LogP contribution < -0.4 is 4.90 Å². The highest BCUT2D eigenvalue weighted by molar-refractivity contribution is 5.88. The summed E-state index contributed by atoms with van der Waals surface area (Å²) in [5, 5.41) is 0. The van der Waals surface area contributed by atoms with Gasteiger partial charge in [0.15, 0.2) is 0 Å². The van der Waals surface area contributed by atoms with Crippen molar-refractivity contribution in [2.24, 2.45) is 0 Å². The van der Waals surface area contributed by atoms with Gasteiger partial charge in [-0.05, 0) is 165 Å².